The van der Waals surface area contributed by atoms with Crippen LogP contribution in [0.3, 0.4) is 0 Å². The largest absolute Gasteiger partial charge is 0.444 e. The Morgan fingerprint density at radius 3 is 2.71 bits per heavy atom. The molecule has 1 aromatic rings. The number of benzene rings is 1. The van der Waals surface area contributed by atoms with E-state index in [2.05, 4.69) is 5.43 Å². The van der Waals surface area contributed by atoms with Gasteiger partial charge in [0.05, 0.1) is 6.04 Å². The van der Waals surface area contributed by atoms with Crippen LogP contribution in [0, 0.1) is 18.7 Å². The van der Waals surface area contributed by atoms with E-state index in [9.17, 15) is 9.18 Å². The third-order valence-corrected chi connectivity index (χ3v) is 4.68. The van der Waals surface area contributed by atoms with Crippen LogP contribution in [0.25, 0.3) is 0 Å². The minimum atomic E-state index is -0.513. The van der Waals surface area contributed by atoms with Gasteiger partial charge in [-0.2, -0.15) is 0 Å². The average molecular weight is 335 g/mol. The molecule has 2 saturated heterocycles. The highest BCUT2D eigenvalue weighted by Crippen LogP contribution is 2.40. The second-order valence-electron chi connectivity index (χ2n) is 7.87. The van der Waals surface area contributed by atoms with Gasteiger partial charge in [0.25, 0.3) is 0 Å². The second kappa shape index (κ2) is 6.01. The van der Waals surface area contributed by atoms with Crippen molar-refractivity contribution in [1.82, 2.24) is 15.3 Å². The van der Waals surface area contributed by atoms with Crippen LogP contribution in [0.1, 0.15) is 37.9 Å². The number of nitrogens with one attached hydrogen (secondary N) is 1. The molecule has 1 amide bonds. The van der Waals surface area contributed by atoms with Crippen LogP contribution < -0.4 is 5.43 Å². The molecule has 5 nitrogen and oxygen atoms in total. The fraction of sp³-hybridized carbons (Fsp3) is 0.611. The van der Waals surface area contributed by atoms with E-state index in [1.807, 2.05) is 45.8 Å². The first-order valence-corrected chi connectivity index (χ1v) is 8.38. The minimum Gasteiger partial charge on any atom is -0.444 e. The molecular weight excluding hydrogens is 309 g/mol. The van der Waals surface area contributed by atoms with E-state index in [1.165, 1.54) is 6.07 Å². The lowest BCUT2D eigenvalue weighted by atomic mass is 9.90. The fourth-order valence-corrected chi connectivity index (χ4v) is 3.72. The molecule has 132 valence electrons. The van der Waals surface area contributed by atoms with Gasteiger partial charge in [0.15, 0.2) is 0 Å². The van der Waals surface area contributed by atoms with Gasteiger partial charge >= 0.3 is 6.09 Å². The Kier molecular flexibility index (Phi) is 4.30. The van der Waals surface area contributed by atoms with Gasteiger partial charge < -0.3 is 9.64 Å². The van der Waals surface area contributed by atoms with Crippen molar-refractivity contribution in [1.29, 1.82) is 0 Å². The van der Waals surface area contributed by atoms with E-state index in [4.69, 9.17) is 4.74 Å². The normalized spacial score (nSPS) is 27.4. The first kappa shape index (κ1) is 17.2. The number of halogens is 1. The number of aryl methyl sites for hydroxylation is 1. The van der Waals surface area contributed by atoms with Crippen LogP contribution in [-0.2, 0) is 4.74 Å². The van der Waals surface area contributed by atoms with Crippen molar-refractivity contribution >= 4 is 6.09 Å². The highest BCUT2D eigenvalue weighted by atomic mass is 19.1. The van der Waals surface area contributed by atoms with Gasteiger partial charge in [-0.15, -0.1) is 0 Å². The number of nitrogens with zero attached hydrogens (tertiary/aromatic N) is 2. The molecule has 0 aliphatic carbocycles. The Morgan fingerprint density at radius 1 is 1.33 bits per heavy atom. The van der Waals surface area contributed by atoms with Gasteiger partial charge in [0, 0.05) is 37.7 Å². The van der Waals surface area contributed by atoms with Crippen LogP contribution in [0.4, 0.5) is 9.18 Å². The lowest BCUT2D eigenvalue weighted by Crippen LogP contribution is -2.41. The Bertz CT molecular complexity index is 644. The molecule has 0 radical (unpaired) electrons. The Balaban J connectivity index is 1.80. The van der Waals surface area contributed by atoms with Gasteiger partial charge in [0.2, 0.25) is 0 Å². The molecule has 0 spiro atoms. The number of rotatable bonds is 1. The fourth-order valence-electron chi connectivity index (χ4n) is 3.72. The topological polar surface area (TPSA) is 44.8 Å². The minimum absolute atomic E-state index is 0.0951. The molecule has 0 bridgehead atoms. The molecule has 0 saturated carbocycles. The van der Waals surface area contributed by atoms with Crippen molar-refractivity contribution in [2.75, 3.05) is 20.1 Å². The van der Waals surface area contributed by atoms with E-state index in [0.29, 0.717) is 18.7 Å². The van der Waals surface area contributed by atoms with Gasteiger partial charge in [-0.3, -0.25) is 0 Å². The highest BCUT2D eigenvalue weighted by molar-refractivity contribution is 5.68. The summed E-state index contributed by atoms with van der Waals surface area (Å²) in [4.78, 5) is 14.0. The van der Waals surface area contributed by atoms with Crippen LogP contribution in [0.2, 0.25) is 0 Å². The first-order chi connectivity index (χ1) is 11.2. The summed E-state index contributed by atoms with van der Waals surface area (Å²) in [6, 6.07) is 5.22. The van der Waals surface area contributed by atoms with E-state index in [-0.39, 0.29) is 29.9 Å². The Hall–Kier alpha value is -1.66. The molecule has 1 aromatic carbocycles. The summed E-state index contributed by atoms with van der Waals surface area (Å²) in [5.74, 6) is -0.0607. The Labute approximate surface area is 142 Å². The molecule has 3 atom stereocenters. The van der Waals surface area contributed by atoms with Crippen LogP contribution in [0.15, 0.2) is 18.2 Å². The third kappa shape index (κ3) is 3.26. The van der Waals surface area contributed by atoms with Crippen molar-refractivity contribution in [2.24, 2.45) is 5.92 Å². The maximum absolute atomic E-state index is 14.4. The predicted octanol–water partition coefficient (Wildman–Crippen LogP) is 2.86. The molecule has 0 aromatic heterocycles. The van der Waals surface area contributed by atoms with Crippen LogP contribution >= 0.6 is 0 Å². The number of fused-ring (bicyclic) bond motifs is 1. The highest BCUT2D eigenvalue weighted by Gasteiger charge is 2.48. The number of hydrogen-bond donors (Lipinski definition) is 1. The zero-order valence-corrected chi connectivity index (χ0v) is 15.0. The summed E-state index contributed by atoms with van der Waals surface area (Å²) in [6.07, 6.45) is -0.301. The number of carbonyl (C=O) groups is 1. The second-order valence-corrected chi connectivity index (χ2v) is 7.87. The summed E-state index contributed by atoms with van der Waals surface area (Å²) < 4.78 is 19.8. The number of hydrogen-bond acceptors (Lipinski definition) is 4. The molecule has 6 heteroatoms. The standard InChI is InChI=1S/C18H26FN3O2/c1-11-6-7-14(19)12(8-11)16-13-9-22(10-15(13)20-21(16)5)17(23)24-18(2,3)4/h6-8,13,15-16,20H,9-10H2,1-5H3. The third-order valence-electron chi connectivity index (χ3n) is 4.68. The quantitative estimate of drug-likeness (QED) is 0.857. The van der Waals surface area contributed by atoms with Crippen molar-refractivity contribution in [2.45, 2.75) is 45.4 Å². The van der Waals surface area contributed by atoms with Gasteiger partial charge in [0.1, 0.15) is 11.4 Å². The molecule has 3 rings (SSSR count). The summed E-state index contributed by atoms with van der Waals surface area (Å²) >= 11 is 0. The van der Waals surface area contributed by atoms with Crippen LogP contribution in [-0.4, -0.2) is 47.8 Å². The molecule has 3 unspecified atom stereocenters. The van der Waals surface area contributed by atoms with Crippen molar-refractivity contribution in [3.63, 3.8) is 0 Å². The van der Waals surface area contributed by atoms with Crippen molar-refractivity contribution < 1.29 is 13.9 Å². The summed E-state index contributed by atoms with van der Waals surface area (Å²) in [7, 11) is 1.93. The molecule has 24 heavy (non-hydrogen) atoms. The molecule has 2 fully saturated rings. The van der Waals surface area contributed by atoms with E-state index in [1.54, 1.807) is 11.0 Å². The number of carbonyl (C=O) groups excluding carboxylic acids is 1. The zero-order valence-electron chi connectivity index (χ0n) is 15.0. The van der Waals surface area contributed by atoms with E-state index >= 15 is 0 Å². The SMILES string of the molecule is Cc1ccc(F)c(C2C3CN(C(=O)OC(C)(C)C)CC3NN2C)c1. The summed E-state index contributed by atoms with van der Waals surface area (Å²) in [5, 5.41) is 1.97. The Morgan fingerprint density at radius 2 is 2.04 bits per heavy atom. The first-order valence-electron chi connectivity index (χ1n) is 8.38. The number of likely N-dealkylation sites (tertiary alicyclic amines) is 1. The van der Waals surface area contributed by atoms with E-state index < -0.39 is 5.60 Å². The number of hydrazine groups is 1. The average Bonchev–Trinajstić information content (AvgIpc) is 2.96. The monoisotopic (exact) mass is 335 g/mol. The number of amides is 1. The smallest absolute Gasteiger partial charge is 0.410 e. The maximum atomic E-state index is 14.4. The summed E-state index contributed by atoms with van der Waals surface area (Å²) in [6.45, 7) is 8.68. The predicted molar refractivity (Wildman–Crippen MR) is 89.9 cm³/mol. The number of ether oxygens (including phenoxy) is 1. The van der Waals surface area contributed by atoms with Gasteiger partial charge in [-0.1, -0.05) is 17.7 Å². The molecule has 1 N–H and O–H groups in total. The molecule has 2 heterocycles. The van der Waals surface area contributed by atoms with E-state index in [0.717, 1.165) is 5.56 Å². The lowest BCUT2D eigenvalue weighted by molar-refractivity contribution is 0.0261. The molecule has 2 aliphatic heterocycles. The van der Waals surface area contributed by atoms with Gasteiger partial charge in [-0.05, 0) is 33.8 Å². The van der Waals surface area contributed by atoms with Crippen LogP contribution in [0.5, 0.6) is 0 Å². The molecular formula is C18H26FN3O2. The lowest BCUT2D eigenvalue weighted by Gasteiger charge is -2.28. The van der Waals surface area contributed by atoms with Crippen molar-refractivity contribution in [3.05, 3.63) is 35.1 Å². The zero-order chi connectivity index (χ0) is 17.6. The maximum Gasteiger partial charge on any atom is 0.410 e. The summed E-state index contributed by atoms with van der Waals surface area (Å²) in [5.41, 5.74) is 4.58. The van der Waals surface area contributed by atoms with Crippen molar-refractivity contribution in [3.8, 4) is 0 Å². The molecule has 2 aliphatic rings. The van der Waals surface area contributed by atoms with Gasteiger partial charge in [-0.25, -0.2) is 19.6 Å².